The molecule has 25 heavy (non-hydrogen) atoms. The molecule has 2 rings (SSSR count). The Labute approximate surface area is 153 Å². The third kappa shape index (κ3) is 5.42. The molecule has 0 aliphatic rings. The van der Waals surface area contributed by atoms with E-state index in [1.54, 1.807) is 22.3 Å². The third-order valence-corrected chi connectivity index (χ3v) is 4.81. The van der Waals surface area contributed by atoms with Crippen molar-refractivity contribution in [2.24, 2.45) is 4.99 Å². The summed E-state index contributed by atoms with van der Waals surface area (Å²) in [6.07, 6.45) is 0. The summed E-state index contributed by atoms with van der Waals surface area (Å²) in [5, 5.41) is 7.51. The number of aromatic nitrogens is 1. The highest BCUT2D eigenvalue weighted by Gasteiger charge is 2.07. The van der Waals surface area contributed by atoms with E-state index < -0.39 is 0 Å². The minimum Gasteiger partial charge on any atom is -0.375 e. The van der Waals surface area contributed by atoms with Crippen LogP contribution in [0.2, 0.25) is 0 Å². The van der Waals surface area contributed by atoms with E-state index in [1.807, 2.05) is 34.0 Å². The number of rotatable bonds is 6. The first-order valence-corrected chi connectivity index (χ1v) is 9.13. The molecule has 7 heteroatoms. The quantitative estimate of drug-likeness (QED) is 0.611. The highest BCUT2D eigenvalue weighted by atomic mass is 32.1. The normalized spacial score (nSPS) is 11.5. The summed E-state index contributed by atoms with van der Waals surface area (Å²) in [6.45, 7) is 7.90. The summed E-state index contributed by atoms with van der Waals surface area (Å²) >= 11 is 1.68. The van der Waals surface area contributed by atoms with E-state index in [0.29, 0.717) is 24.7 Å². The van der Waals surface area contributed by atoms with Crippen LogP contribution in [-0.2, 0) is 13.1 Å². The zero-order valence-electron chi connectivity index (χ0n) is 15.5. The molecule has 0 amide bonds. The minimum atomic E-state index is -0.232. The lowest BCUT2D eigenvalue weighted by Crippen LogP contribution is -2.36. The van der Waals surface area contributed by atoms with Crippen molar-refractivity contribution in [1.29, 1.82) is 0 Å². The van der Waals surface area contributed by atoms with Crippen LogP contribution in [0.25, 0.3) is 0 Å². The zero-order valence-corrected chi connectivity index (χ0v) is 16.3. The fraction of sp³-hybridized carbons (Fsp3) is 0.444. The first kappa shape index (κ1) is 19.2. The van der Waals surface area contributed by atoms with Crippen LogP contribution in [0.1, 0.15) is 28.1 Å². The van der Waals surface area contributed by atoms with Crippen molar-refractivity contribution in [2.75, 3.05) is 25.5 Å². The van der Waals surface area contributed by atoms with E-state index in [4.69, 9.17) is 0 Å². The van der Waals surface area contributed by atoms with E-state index in [-0.39, 0.29) is 5.82 Å². The van der Waals surface area contributed by atoms with Crippen molar-refractivity contribution < 1.29 is 4.39 Å². The van der Waals surface area contributed by atoms with Crippen LogP contribution in [-0.4, -0.2) is 31.6 Å². The van der Waals surface area contributed by atoms with Crippen LogP contribution >= 0.6 is 11.3 Å². The number of halogens is 1. The van der Waals surface area contributed by atoms with E-state index >= 15 is 0 Å². The topological polar surface area (TPSA) is 52.6 Å². The predicted molar refractivity (Wildman–Crippen MR) is 104 cm³/mol. The lowest BCUT2D eigenvalue weighted by Gasteiger charge is -2.14. The van der Waals surface area contributed by atoms with Gasteiger partial charge in [0.15, 0.2) is 5.96 Å². The number of nitrogens with one attached hydrogen (secondary N) is 2. The number of hydrogen-bond acceptors (Lipinski definition) is 4. The Morgan fingerprint density at radius 1 is 1.28 bits per heavy atom. The van der Waals surface area contributed by atoms with Gasteiger partial charge in [-0.25, -0.2) is 14.4 Å². The Kier molecular flexibility index (Phi) is 6.75. The molecule has 1 heterocycles. The zero-order chi connectivity index (χ0) is 18.4. The summed E-state index contributed by atoms with van der Waals surface area (Å²) in [6, 6.07) is 5.22. The van der Waals surface area contributed by atoms with Crippen molar-refractivity contribution in [3.63, 3.8) is 0 Å². The SMILES string of the molecule is CCNC(=NCc1ccc(N(C)C)c(F)c1)NCc1nc(C)c(C)s1. The lowest BCUT2D eigenvalue weighted by molar-refractivity contribution is 0.624. The fourth-order valence-corrected chi connectivity index (χ4v) is 3.17. The number of benzene rings is 1. The molecule has 136 valence electrons. The second-order valence-electron chi connectivity index (χ2n) is 5.98. The number of thiazole rings is 1. The van der Waals surface area contributed by atoms with E-state index in [1.165, 1.54) is 10.9 Å². The molecule has 0 saturated heterocycles. The Morgan fingerprint density at radius 3 is 2.60 bits per heavy atom. The molecule has 0 atom stereocenters. The molecule has 0 aliphatic heterocycles. The standard InChI is InChI=1S/C18H26FN5S/c1-6-20-18(22-11-17-23-12(2)13(3)25-17)21-10-14-7-8-16(24(4)5)15(19)9-14/h7-9H,6,10-11H2,1-5H3,(H2,20,21,22). The van der Waals surface area contributed by atoms with Gasteiger partial charge in [-0.1, -0.05) is 6.07 Å². The summed E-state index contributed by atoms with van der Waals surface area (Å²) in [5.41, 5.74) is 2.48. The van der Waals surface area contributed by atoms with Gasteiger partial charge in [0.2, 0.25) is 0 Å². The van der Waals surface area contributed by atoms with Gasteiger partial charge in [-0.05, 0) is 38.5 Å². The second kappa shape index (κ2) is 8.80. The maximum absolute atomic E-state index is 14.1. The Balaban J connectivity index is 2.02. The largest absolute Gasteiger partial charge is 0.375 e. The van der Waals surface area contributed by atoms with Gasteiger partial charge in [0, 0.05) is 25.5 Å². The van der Waals surface area contributed by atoms with Gasteiger partial charge >= 0.3 is 0 Å². The summed E-state index contributed by atoms with van der Waals surface area (Å²) in [7, 11) is 3.65. The van der Waals surface area contributed by atoms with Crippen LogP contribution in [0.5, 0.6) is 0 Å². The average molecular weight is 364 g/mol. The molecule has 0 aliphatic carbocycles. The highest BCUT2D eigenvalue weighted by Crippen LogP contribution is 2.19. The van der Waals surface area contributed by atoms with Crippen LogP contribution in [0.3, 0.4) is 0 Å². The van der Waals surface area contributed by atoms with Gasteiger partial charge in [0.1, 0.15) is 10.8 Å². The molecule has 0 bridgehead atoms. The van der Waals surface area contributed by atoms with Crippen LogP contribution in [0.15, 0.2) is 23.2 Å². The van der Waals surface area contributed by atoms with Gasteiger partial charge in [-0.15, -0.1) is 11.3 Å². The molecular weight excluding hydrogens is 337 g/mol. The van der Waals surface area contributed by atoms with E-state index in [9.17, 15) is 4.39 Å². The van der Waals surface area contributed by atoms with Crippen LogP contribution < -0.4 is 15.5 Å². The Hall–Kier alpha value is -2.15. The molecule has 0 fully saturated rings. The van der Waals surface area contributed by atoms with Crippen LogP contribution in [0.4, 0.5) is 10.1 Å². The number of aryl methyl sites for hydroxylation is 2. The monoisotopic (exact) mass is 363 g/mol. The van der Waals surface area contributed by atoms with Crippen molar-refractivity contribution in [3.8, 4) is 0 Å². The first-order valence-electron chi connectivity index (χ1n) is 8.31. The van der Waals surface area contributed by atoms with Gasteiger partial charge in [-0.3, -0.25) is 0 Å². The van der Waals surface area contributed by atoms with Gasteiger partial charge in [0.25, 0.3) is 0 Å². The second-order valence-corrected chi connectivity index (χ2v) is 7.27. The Morgan fingerprint density at radius 2 is 2.04 bits per heavy atom. The maximum atomic E-state index is 14.1. The molecular formula is C18H26FN5S. The van der Waals surface area contributed by atoms with Gasteiger partial charge in [0.05, 0.1) is 24.5 Å². The van der Waals surface area contributed by atoms with E-state index in [0.717, 1.165) is 22.8 Å². The number of guanidine groups is 1. The summed E-state index contributed by atoms with van der Waals surface area (Å²) in [4.78, 5) is 12.0. The number of aliphatic imine (C=N–C) groups is 1. The van der Waals surface area contributed by atoms with Crippen molar-refractivity contribution >= 4 is 23.0 Å². The Bertz CT molecular complexity index is 720. The van der Waals surface area contributed by atoms with E-state index in [2.05, 4.69) is 27.5 Å². The van der Waals surface area contributed by atoms with Gasteiger partial charge in [-0.2, -0.15) is 0 Å². The lowest BCUT2D eigenvalue weighted by atomic mass is 10.2. The van der Waals surface area contributed by atoms with Crippen molar-refractivity contribution in [3.05, 3.63) is 45.2 Å². The molecule has 2 aromatic rings. The molecule has 5 nitrogen and oxygen atoms in total. The molecule has 0 saturated carbocycles. The smallest absolute Gasteiger partial charge is 0.191 e. The van der Waals surface area contributed by atoms with Gasteiger partial charge < -0.3 is 15.5 Å². The average Bonchev–Trinajstić information content (AvgIpc) is 2.88. The molecule has 1 aromatic carbocycles. The number of nitrogens with zero attached hydrogens (tertiary/aromatic N) is 3. The fourth-order valence-electron chi connectivity index (χ4n) is 2.30. The summed E-state index contributed by atoms with van der Waals surface area (Å²) < 4.78 is 14.1. The maximum Gasteiger partial charge on any atom is 0.191 e. The predicted octanol–water partition coefficient (Wildman–Crippen LogP) is 3.22. The minimum absolute atomic E-state index is 0.232. The molecule has 1 aromatic heterocycles. The third-order valence-electron chi connectivity index (χ3n) is 3.74. The van der Waals surface area contributed by atoms with Crippen molar-refractivity contribution in [2.45, 2.75) is 33.9 Å². The molecule has 0 radical (unpaired) electrons. The summed E-state index contributed by atoms with van der Waals surface area (Å²) in [5.74, 6) is 0.467. The molecule has 0 spiro atoms. The molecule has 2 N–H and O–H groups in total. The first-order chi connectivity index (χ1) is 11.9. The highest BCUT2D eigenvalue weighted by molar-refractivity contribution is 7.11. The van der Waals surface area contributed by atoms with Crippen molar-refractivity contribution in [1.82, 2.24) is 15.6 Å². The number of anilines is 1. The molecule has 0 unspecified atom stereocenters. The number of hydrogen-bond donors (Lipinski definition) is 2. The van der Waals surface area contributed by atoms with Crippen LogP contribution in [0, 0.1) is 19.7 Å².